The van der Waals surface area contributed by atoms with Gasteiger partial charge in [0.05, 0.1) is 5.56 Å². The maximum absolute atomic E-state index is 10.8. The average molecular weight is 217 g/mol. The van der Waals surface area contributed by atoms with E-state index in [4.69, 9.17) is 5.11 Å². The summed E-state index contributed by atoms with van der Waals surface area (Å²) < 4.78 is 1.87. The van der Waals surface area contributed by atoms with Crippen LogP contribution in [0.15, 0.2) is 24.4 Å². The van der Waals surface area contributed by atoms with Gasteiger partial charge in [-0.15, -0.1) is 0 Å². The number of benzene rings is 1. The summed E-state index contributed by atoms with van der Waals surface area (Å²) >= 11 is 0. The first-order valence-electron chi connectivity index (χ1n) is 4.98. The molecule has 0 saturated carbocycles. The summed E-state index contributed by atoms with van der Waals surface area (Å²) in [6.45, 7) is 2.65. The van der Waals surface area contributed by atoms with Crippen LogP contribution in [0.4, 0.5) is 0 Å². The molecule has 0 aliphatic rings. The Balaban J connectivity index is 2.76. The molecule has 4 heteroatoms. The summed E-state index contributed by atoms with van der Waals surface area (Å²) in [7, 11) is 0. The molecular weight excluding hydrogens is 206 g/mol. The van der Waals surface area contributed by atoms with E-state index < -0.39 is 5.97 Å². The van der Waals surface area contributed by atoms with Gasteiger partial charge in [-0.25, -0.2) is 4.79 Å². The maximum Gasteiger partial charge on any atom is 0.335 e. The Morgan fingerprint density at radius 2 is 2.25 bits per heavy atom. The zero-order valence-corrected chi connectivity index (χ0v) is 8.80. The number of carbonyl (C=O) groups is 2. The quantitative estimate of drug-likeness (QED) is 0.801. The molecule has 4 nitrogen and oxygen atoms in total. The van der Waals surface area contributed by atoms with Gasteiger partial charge in [-0.2, -0.15) is 0 Å². The largest absolute Gasteiger partial charge is 0.478 e. The highest BCUT2D eigenvalue weighted by Crippen LogP contribution is 2.21. The van der Waals surface area contributed by atoms with Crippen LogP contribution >= 0.6 is 0 Å². The molecule has 0 spiro atoms. The van der Waals surface area contributed by atoms with Crippen molar-refractivity contribution in [3.63, 3.8) is 0 Å². The van der Waals surface area contributed by atoms with Crippen LogP contribution in [0, 0.1) is 0 Å². The molecular formula is C12H11NO3. The molecule has 1 aromatic carbocycles. The van der Waals surface area contributed by atoms with Crippen LogP contribution in [0.2, 0.25) is 0 Å². The van der Waals surface area contributed by atoms with Crippen LogP contribution < -0.4 is 0 Å². The molecule has 0 atom stereocenters. The van der Waals surface area contributed by atoms with E-state index in [1.165, 1.54) is 6.07 Å². The third-order valence-electron chi connectivity index (χ3n) is 2.63. The number of aryl methyl sites for hydroxylation is 1. The third kappa shape index (κ3) is 1.48. The highest BCUT2D eigenvalue weighted by atomic mass is 16.4. The SMILES string of the molecule is CCn1cc(C=O)c2ccc(C(=O)O)cc21. The molecule has 82 valence electrons. The molecule has 0 fully saturated rings. The molecule has 0 amide bonds. The highest BCUT2D eigenvalue weighted by Gasteiger charge is 2.10. The fourth-order valence-corrected chi connectivity index (χ4v) is 1.81. The topological polar surface area (TPSA) is 59.3 Å². The Labute approximate surface area is 92.1 Å². The number of aromatic nitrogens is 1. The second-order valence-corrected chi connectivity index (χ2v) is 3.53. The molecule has 1 heterocycles. The number of hydrogen-bond donors (Lipinski definition) is 1. The number of fused-ring (bicyclic) bond motifs is 1. The van der Waals surface area contributed by atoms with Gasteiger partial charge in [-0.1, -0.05) is 6.07 Å². The molecule has 0 unspecified atom stereocenters. The van der Waals surface area contributed by atoms with Crippen LogP contribution in [-0.4, -0.2) is 21.9 Å². The summed E-state index contributed by atoms with van der Waals surface area (Å²) in [6, 6.07) is 4.78. The summed E-state index contributed by atoms with van der Waals surface area (Å²) in [5, 5.41) is 9.69. The minimum atomic E-state index is -0.960. The van der Waals surface area contributed by atoms with Crippen LogP contribution in [0.1, 0.15) is 27.6 Å². The van der Waals surface area contributed by atoms with Crippen molar-refractivity contribution in [3.05, 3.63) is 35.5 Å². The lowest BCUT2D eigenvalue weighted by atomic mass is 10.1. The predicted molar refractivity (Wildman–Crippen MR) is 60.0 cm³/mol. The molecule has 0 aliphatic heterocycles. The maximum atomic E-state index is 10.8. The first-order chi connectivity index (χ1) is 7.67. The van der Waals surface area contributed by atoms with Gasteiger partial charge in [0.25, 0.3) is 0 Å². The molecule has 2 rings (SSSR count). The molecule has 2 aromatic rings. The second-order valence-electron chi connectivity index (χ2n) is 3.53. The first kappa shape index (κ1) is 10.4. The van der Waals surface area contributed by atoms with E-state index in [1.54, 1.807) is 18.3 Å². The molecule has 0 bridgehead atoms. The lowest BCUT2D eigenvalue weighted by Crippen LogP contribution is -1.97. The molecule has 1 N–H and O–H groups in total. The van der Waals surface area contributed by atoms with Crippen molar-refractivity contribution in [1.82, 2.24) is 4.57 Å². The average Bonchev–Trinajstić information content (AvgIpc) is 2.65. The van der Waals surface area contributed by atoms with Crippen molar-refractivity contribution >= 4 is 23.2 Å². The monoisotopic (exact) mass is 217 g/mol. The third-order valence-corrected chi connectivity index (χ3v) is 2.63. The Hall–Kier alpha value is -2.10. The van der Waals surface area contributed by atoms with E-state index in [2.05, 4.69) is 0 Å². The summed E-state index contributed by atoms with van der Waals surface area (Å²) in [5.74, 6) is -0.960. The van der Waals surface area contributed by atoms with E-state index in [1.807, 2.05) is 11.5 Å². The molecule has 0 aliphatic carbocycles. The van der Waals surface area contributed by atoms with Gasteiger partial charge >= 0.3 is 5.97 Å². The molecule has 0 saturated heterocycles. The lowest BCUT2D eigenvalue weighted by Gasteiger charge is -2.01. The van der Waals surface area contributed by atoms with Crippen LogP contribution in [0.25, 0.3) is 10.9 Å². The zero-order valence-electron chi connectivity index (χ0n) is 8.80. The van der Waals surface area contributed by atoms with Crippen molar-refractivity contribution in [2.75, 3.05) is 0 Å². The number of rotatable bonds is 3. The normalized spacial score (nSPS) is 10.6. The number of carboxylic acid groups (broad SMARTS) is 1. The van der Waals surface area contributed by atoms with Gasteiger partial charge in [0.1, 0.15) is 0 Å². The van der Waals surface area contributed by atoms with Crippen LogP contribution in [0.5, 0.6) is 0 Å². The summed E-state index contributed by atoms with van der Waals surface area (Å²) in [5.41, 5.74) is 1.61. The van der Waals surface area contributed by atoms with Crippen LogP contribution in [-0.2, 0) is 6.54 Å². The summed E-state index contributed by atoms with van der Waals surface area (Å²) in [4.78, 5) is 21.7. The predicted octanol–water partition coefficient (Wildman–Crippen LogP) is 2.17. The van der Waals surface area contributed by atoms with Crippen molar-refractivity contribution in [2.24, 2.45) is 0 Å². The van der Waals surface area contributed by atoms with Crippen molar-refractivity contribution in [1.29, 1.82) is 0 Å². The Morgan fingerprint density at radius 3 is 2.81 bits per heavy atom. The Morgan fingerprint density at radius 1 is 1.50 bits per heavy atom. The number of carboxylic acids is 1. The van der Waals surface area contributed by atoms with E-state index in [9.17, 15) is 9.59 Å². The van der Waals surface area contributed by atoms with Crippen LogP contribution in [0.3, 0.4) is 0 Å². The number of carbonyl (C=O) groups excluding carboxylic acids is 1. The van der Waals surface area contributed by atoms with E-state index in [0.29, 0.717) is 12.1 Å². The minimum absolute atomic E-state index is 0.234. The molecule has 1 aromatic heterocycles. The Kier molecular flexibility index (Phi) is 2.48. The van der Waals surface area contributed by atoms with E-state index >= 15 is 0 Å². The van der Waals surface area contributed by atoms with Gasteiger partial charge in [0.15, 0.2) is 6.29 Å². The van der Waals surface area contributed by atoms with Gasteiger partial charge in [-0.3, -0.25) is 4.79 Å². The van der Waals surface area contributed by atoms with E-state index in [-0.39, 0.29) is 5.56 Å². The Bertz CT molecular complexity index is 569. The lowest BCUT2D eigenvalue weighted by molar-refractivity contribution is 0.0697. The van der Waals surface area contributed by atoms with Crippen molar-refractivity contribution in [3.8, 4) is 0 Å². The standard InChI is InChI=1S/C12H11NO3/c1-2-13-6-9(7-14)10-4-3-8(12(15)16)5-11(10)13/h3-7H,2H2,1H3,(H,15,16). The minimum Gasteiger partial charge on any atom is -0.478 e. The molecule has 16 heavy (non-hydrogen) atoms. The summed E-state index contributed by atoms with van der Waals surface area (Å²) in [6.07, 6.45) is 2.53. The smallest absolute Gasteiger partial charge is 0.335 e. The fourth-order valence-electron chi connectivity index (χ4n) is 1.81. The van der Waals surface area contributed by atoms with Gasteiger partial charge in [0, 0.05) is 29.2 Å². The first-order valence-corrected chi connectivity index (χ1v) is 4.98. The number of hydrogen-bond acceptors (Lipinski definition) is 2. The van der Waals surface area contributed by atoms with Gasteiger partial charge in [-0.05, 0) is 19.1 Å². The highest BCUT2D eigenvalue weighted by molar-refractivity contribution is 6.00. The van der Waals surface area contributed by atoms with Crippen molar-refractivity contribution in [2.45, 2.75) is 13.5 Å². The number of nitrogens with zero attached hydrogens (tertiary/aromatic N) is 1. The fraction of sp³-hybridized carbons (Fsp3) is 0.167. The molecule has 0 radical (unpaired) electrons. The number of aldehydes is 1. The number of aromatic carboxylic acids is 1. The second kappa shape index (κ2) is 3.81. The van der Waals surface area contributed by atoms with Gasteiger partial charge in [0.2, 0.25) is 0 Å². The van der Waals surface area contributed by atoms with Gasteiger partial charge < -0.3 is 9.67 Å². The zero-order chi connectivity index (χ0) is 11.7. The van der Waals surface area contributed by atoms with Crippen molar-refractivity contribution < 1.29 is 14.7 Å². The van der Waals surface area contributed by atoms with E-state index in [0.717, 1.165) is 17.2 Å².